The number of hydrogen-bond acceptors (Lipinski definition) is 2. The van der Waals surface area contributed by atoms with Crippen molar-refractivity contribution in [2.24, 2.45) is 0 Å². The molecular weight excluding hydrogens is 279 g/mol. The van der Waals surface area contributed by atoms with Crippen LogP contribution in [0, 0.1) is 26.6 Å². The summed E-state index contributed by atoms with van der Waals surface area (Å²) >= 11 is 0. The fraction of sp³-hybridized carbons (Fsp3) is 0.278. The Morgan fingerprint density at radius 2 is 1.59 bits per heavy atom. The van der Waals surface area contributed by atoms with E-state index < -0.39 is 6.04 Å². The molecule has 2 aromatic rings. The van der Waals surface area contributed by atoms with Crippen LogP contribution in [-0.4, -0.2) is 11.9 Å². The van der Waals surface area contributed by atoms with Gasteiger partial charge >= 0.3 is 0 Å². The monoisotopic (exact) mass is 300 g/mol. The molecule has 0 fully saturated rings. The highest BCUT2D eigenvalue weighted by Gasteiger charge is 2.13. The Balaban J connectivity index is 2.02. The number of aryl methyl sites for hydroxylation is 3. The molecule has 0 aliphatic rings. The molecule has 0 aromatic heterocycles. The number of nitrogens with one attached hydrogen (secondary N) is 2. The molecule has 2 aromatic carbocycles. The van der Waals surface area contributed by atoms with Gasteiger partial charge in [0.2, 0.25) is 5.91 Å². The van der Waals surface area contributed by atoms with E-state index in [1.807, 2.05) is 32.0 Å². The molecule has 2 rings (SSSR count). The second-order valence-electron chi connectivity index (χ2n) is 5.62. The van der Waals surface area contributed by atoms with Gasteiger partial charge in [-0.15, -0.1) is 0 Å². The topological polar surface area (TPSA) is 41.1 Å². The van der Waals surface area contributed by atoms with Crippen LogP contribution in [0.4, 0.5) is 15.8 Å². The number of halogens is 1. The first-order valence-corrected chi connectivity index (χ1v) is 7.27. The summed E-state index contributed by atoms with van der Waals surface area (Å²) in [5, 5.41) is 5.86. The minimum Gasteiger partial charge on any atom is -0.374 e. The largest absolute Gasteiger partial charge is 0.374 e. The Morgan fingerprint density at radius 1 is 0.955 bits per heavy atom. The second-order valence-corrected chi connectivity index (χ2v) is 5.62. The number of carbonyl (C=O) groups is 1. The molecular formula is C18H21FN2O. The Kier molecular flexibility index (Phi) is 4.81. The summed E-state index contributed by atoms with van der Waals surface area (Å²) in [6.07, 6.45) is 0. The van der Waals surface area contributed by atoms with Crippen molar-refractivity contribution in [2.45, 2.75) is 33.7 Å². The minimum absolute atomic E-state index is 0.207. The van der Waals surface area contributed by atoms with Crippen LogP contribution >= 0.6 is 0 Å². The van der Waals surface area contributed by atoms with E-state index in [1.54, 1.807) is 26.0 Å². The molecule has 22 heavy (non-hydrogen) atoms. The van der Waals surface area contributed by atoms with Crippen LogP contribution in [0.2, 0.25) is 0 Å². The first-order chi connectivity index (χ1) is 10.4. The van der Waals surface area contributed by atoms with E-state index in [1.165, 1.54) is 17.2 Å². The van der Waals surface area contributed by atoms with E-state index in [0.29, 0.717) is 11.3 Å². The number of amides is 1. The van der Waals surface area contributed by atoms with Crippen LogP contribution in [0.1, 0.15) is 23.6 Å². The molecule has 0 saturated heterocycles. The van der Waals surface area contributed by atoms with Crippen molar-refractivity contribution < 1.29 is 9.18 Å². The Bertz CT molecular complexity index is 697. The summed E-state index contributed by atoms with van der Waals surface area (Å²) in [4.78, 5) is 12.2. The van der Waals surface area contributed by atoms with Crippen molar-refractivity contribution in [3.8, 4) is 0 Å². The Hall–Kier alpha value is -2.36. The normalized spacial score (nSPS) is 11.9. The molecule has 116 valence electrons. The lowest BCUT2D eigenvalue weighted by Crippen LogP contribution is -2.31. The highest BCUT2D eigenvalue weighted by atomic mass is 19.1. The number of rotatable bonds is 4. The fourth-order valence-corrected chi connectivity index (χ4v) is 2.07. The van der Waals surface area contributed by atoms with Gasteiger partial charge in [-0.05, 0) is 68.7 Å². The van der Waals surface area contributed by atoms with Crippen molar-refractivity contribution in [3.05, 3.63) is 58.9 Å². The van der Waals surface area contributed by atoms with Gasteiger partial charge in [0.15, 0.2) is 0 Å². The number of carbonyl (C=O) groups excluding carboxylic acids is 1. The summed E-state index contributed by atoms with van der Waals surface area (Å²) < 4.78 is 13.5. The molecule has 0 aliphatic heterocycles. The summed E-state index contributed by atoms with van der Waals surface area (Å²) in [6.45, 7) is 7.53. The first kappa shape index (κ1) is 16.0. The van der Waals surface area contributed by atoms with E-state index in [-0.39, 0.29) is 11.7 Å². The maximum absolute atomic E-state index is 13.5. The number of benzene rings is 2. The zero-order chi connectivity index (χ0) is 16.3. The van der Waals surface area contributed by atoms with E-state index >= 15 is 0 Å². The van der Waals surface area contributed by atoms with E-state index in [2.05, 4.69) is 10.6 Å². The molecule has 1 amide bonds. The molecule has 0 spiro atoms. The molecule has 1 unspecified atom stereocenters. The highest BCUT2D eigenvalue weighted by Crippen LogP contribution is 2.17. The summed E-state index contributed by atoms with van der Waals surface area (Å²) in [7, 11) is 0. The summed E-state index contributed by atoms with van der Waals surface area (Å²) in [5.41, 5.74) is 4.28. The minimum atomic E-state index is -0.425. The molecule has 0 bridgehead atoms. The van der Waals surface area contributed by atoms with Crippen molar-refractivity contribution in [1.82, 2.24) is 0 Å². The van der Waals surface area contributed by atoms with Crippen LogP contribution in [0.5, 0.6) is 0 Å². The summed E-state index contributed by atoms with van der Waals surface area (Å²) in [6, 6.07) is 10.2. The van der Waals surface area contributed by atoms with Gasteiger partial charge in [0.05, 0.1) is 0 Å². The van der Waals surface area contributed by atoms with Gasteiger partial charge in [0.25, 0.3) is 0 Å². The van der Waals surface area contributed by atoms with Gasteiger partial charge < -0.3 is 10.6 Å². The van der Waals surface area contributed by atoms with Crippen LogP contribution in [0.15, 0.2) is 36.4 Å². The Morgan fingerprint density at radius 3 is 2.23 bits per heavy atom. The van der Waals surface area contributed by atoms with Gasteiger partial charge in [-0.2, -0.15) is 0 Å². The van der Waals surface area contributed by atoms with Crippen molar-refractivity contribution in [1.29, 1.82) is 0 Å². The van der Waals surface area contributed by atoms with Crippen molar-refractivity contribution >= 4 is 17.3 Å². The molecule has 0 saturated carbocycles. The highest BCUT2D eigenvalue weighted by molar-refractivity contribution is 5.96. The van der Waals surface area contributed by atoms with Crippen molar-refractivity contribution in [2.75, 3.05) is 10.6 Å². The molecule has 1 atom stereocenters. The van der Waals surface area contributed by atoms with Gasteiger partial charge in [-0.3, -0.25) is 4.79 Å². The maximum Gasteiger partial charge on any atom is 0.246 e. The molecule has 2 N–H and O–H groups in total. The zero-order valence-corrected chi connectivity index (χ0v) is 13.3. The van der Waals surface area contributed by atoms with Crippen molar-refractivity contribution in [3.63, 3.8) is 0 Å². The predicted octanol–water partition coefficient (Wildman–Crippen LogP) is 4.19. The van der Waals surface area contributed by atoms with Gasteiger partial charge in [-0.25, -0.2) is 4.39 Å². The third-order valence-electron chi connectivity index (χ3n) is 3.72. The smallest absolute Gasteiger partial charge is 0.246 e. The van der Waals surface area contributed by atoms with E-state index in [4.69, 9.17) is 0 Å². The molecule has 0 heterocycles. The lowest BCUT2D eigenvalue weighted by atomic mass is 10.1. The average Bonchev–Trinajstić information content (AvgIpc) is 2.46. The number of hydrogen-bond donors (Lipinski definition) is 2. The third-order valence-corrected chi connectivity index (χ3v) is 3.72. The average molecular weight is 300 g/mol. The lowest BCUT2D eigenvalue weighted by Gasteiger charge is -2.16. The lowest BCUT2D eigenvalue weighted by molar-refractivity contribution is -0.116. The van der Waals surface area contributed by atoms with Gasteiger partial charge in [0.1, 0.15) is 11.9 Å². The third kappa shape index (κ3) is 3.85. The van der Waals surface area contributed by atoms with Crippen LogP contribution in [0.25, 0.3) is 0 Å². The second kappa shape index (κ2) is 6.60. The maximum atomic E-state index is 13.5. The van der Waals surface area contributed by atoms with E-state index in [9.17, 15) is 9.18 Å². The van der Waals surface area contributed by atoms with Gasteiger partial charge in [-0.1, -0.05) is 12.1 Å². The van der Waals surface area contributed by atoms with E-state index in [0.717, 1.165) is 5.69 Å². The molecule has 0 radical (unpaired) electrons. The number of anilines is 2. The first-order valence-electron chi connectivity index (χ1n) is 7.27. The van der Waals surface area contributed by atoms with Crippen LogP contribution in [0.3, 0.4) is 0 Å². The van der Waals surface area contributed by atoms with Gasteiger partial charge in [0, 0.05) is 11.4 Å². The predicted molar refractivity (Wildman–Crippen MR) is 88.8 cm³/mol. The van der Waals surface area contributed by atoms with Crippen LogP contribution < -0.4 is 10.6 Å². The standard InChI is InChI=1S/C18H21FN2O/c1-11-5-7-15(9-13(11)3)20-14(4)18(22)21-16-8-6-12(2)17(19)10-16/h5-10,14,20H,1-4H3,(H,21,22). The molecule has 0 aliphatic carbocycles. The SMILES string of the molecule is Cc1ccc(NC(C)C(=O)Nc2ccc(C)c(F)c2)cc1C. The molecule has 4 heteroatoms. The Labute approximate surface area is 130 Å². The molecule has 3 nitrogen and oxygen atoms in total. The zero-order valence-electron chi connectivity index (χ0n) is 13.3. The summed E-state index contributed by atoms with van der Waals surface area (Å²) in [5.74, 6) is -0.533. The fourth-order valence-electron chi connectivity index (χ4n) is 2.07. The van der Waals surface area contributed by atoms with Crippen LogP contribution in [-0.2, 0) is 4.79 Å². The quantitative estimate of drug-likeness (QED) is 0.889.